The van der Waals surface area contributed by atoms with E-state index in [0.29, 0.717) is 5.70 Å². The fraction of sp³-hybridized carbons (Fsp3) is 0.200. The molecule has 2 rings (SSSR count). The summed E-state index contributed by atoms with van der Waals surface area (Å²) in [5, 5.41) is 6.51. The Labute approximate surface area is 123 Å². The molecule has 1 aromatic carbocycles. The molecule has 0 aliphatic rings. The maximum atomic E-state index is 7.16. The molecule has 2 aromatic rings. The summed E-state index contributed by atoms with van der Waals surface area (Å²) < 4.78 is 5.38. The van der Waals surface area contributed by atoms with Crippen LogP contribution in [0.2, 0.25) is 0 Å². The summed E-state index contributed by atoms with van der Waals surface area (Å²) in [5.41, 5.74) is 10.7. The van der Waals surface area contributed by atoms with Gasteiger partial charge in [-0.2, -0.15) is 5.11 Å². The van der Waals surface area contributed by atoms with Crippen LogP contribution in [0.3, 0.4) is 0 Å². The second-order valence-electron chi connectivity index (χ2n) is 4.59. The van der Waals surface area contributed by atoms with Crippen molar-refractivity contribution in [3.05, 3.63) is 59.7 Å². The van der Waals surface area contributed by atoms with Gasteiger partial charge in [0.15, 0.2) is 0 Å². The van der Waals surface area contributed by atoms with Crippen molar-refractivity contribution in [3.63, 3.8) is 0 Å². The topological polar surface area (TPSA) is 83.2 Å². The van der Waals surface area contributed by atoms with Crippen molar-refractivity contribution in [1.82, 2.24) is 9.97 Å². The Hall–Kier alpha value is -2.76. The maximum Gasteiger partial charge on any atom is 0.316 e. The molecule has 0 bridgehead atoms. The van der Waals surface area contributed by atoms with Crippen LogP contribution in [0, 0.1) is 19.4 Å². The lowest BCUT2D eigenvalue weighted by Crippen LogP contribution is -2.04. The summed E-state index contributed by atoms with van der Waals surface area (Å²) in [5.74, 6) is 0. The molecule has 0 saturated carbocycles. The number of nitrogens with zero attached hydrogens (tertiary/aromatic N) is 3. The van der Waals surface area contributed by atoms with Gasteiger partial charge in [0.25, 0.3) is 0 Å². The highest BCUT2D eigenvalue weighted by molar-refractivity contribution is 5.47. The zero-order valence-electron chi connectivity index (χ0n) is 12.0. The van der Waals surface area contributed by atoms with Gasteiger partial charge in [0.2, 0.25) is 0 Å². The molecule has 0 atom stereocenters. The first-order valence-electron chi connectivity index (χ1n) is 6.48. The van der Waals surface area contributed by atoms with Crippen LogP contribution in [0.1, 0.15) is 11.1 Å². The summed E-state index contributed by atoms with van der Waals surface area (Å²) >= 11 is 0. The van der Waals surface area contributed by atoms with E-state index in [9.17, 15) is 0 Å². The molecule has 0 amide bonds. The smallest absolute Gasteiger partial charge is 0.316 e. The molecule has 0 unspecified atom stereocenters. The molecule has 1 heterocycles. The normalized spacial score (nSPS) is 11.0. The first kappa shape index (κ1) is 14.6. The van der Waals surface area contributed by atoms with Crippen LogP contribution in [-0.2, 0) is 0 Å². The average molecular weight is 283 g/mol. The Morgan fingerprint density at radius 2 is 2.05 bits per heavy atom. The lowest BCUT2D eigenvalue weighted by molar-refractivity contribution is 0.320. The van der Waals surface area contributed by atoms with Crippen molar-refractivity contribution < 1.29 is 4.74 Å². The molecule has 0 spiro atoms. The Morgan fingerprint density at radius 1 is 1.29 bits per heavy atom. The predicted molar refractivity (Wildman–Crippen MR) is 80.3 cm³/mol. The predicted octanol–water partition coefficient (Wildman–Crippen LogP) is 3.46. The van der Waals surface area contributed by atoms with Crippen LogP contribution in [0.25, 0.3) is 0 Å². The van der Waals surface area contributed by atoms with Gasteiger partial charge in [-0.15, -0.1) is 0 Å². The number of nitrogens with one attached hydrogen (secondary N) is 2. The van der Waals surface area contributed by atoms with Crippen molar-refractivity contribution >= 4 is 5.69 Å². The van der Waals surface area contributed by atoms with E-state index in [0.717, 1.165) is 16.8 Å². The number of aryl methyl sites for hydroxylation is 2. The standard InChI is InChI=1S/C15H17N5O/c1-11-4-3-5-13(6-11)17-9-14(20-16)10-21-15-18-7-12(2)8-19-15/h3-9,16-17H,10H2,1-2H3/b14-9-,20-16?. The van der Waals surface area contributed by atoms with Gasteiger partial charge < -0.3 is 10.1 Å². The van der Waals surface area contributed by atoms with Crippen molar-refractivity contribution in [1.29, 1.82) is 5.53 Å². The fourth-order valence-corrected chi connectivity index (χ4v) is 1.60. The lowest BCUT2D eigenvalue weighted by Gasteiger charge is -2.05. The van der Waals surface area contributed by atoms with Gasteiger partial charge in [0.1, 0.15) is 12.3 Å². The fourth-order valence-electron chi connectivity index (χ4n) is 1.60. The van der Waals surface area contributed by atoms with E-state index < -0.39 is 0 Å². The third-order valence-corrected chi connectivity index (χ3v) is 2.67. The van der Waals surface area contributed by atoms with Gasteiger partial charge >= 0.3 is 6.01 Å². The third kappa shape index (κ3) is 4.68. The minimum absolute atomic E-state index is 0.130. The molecule has 21 heavy (non-hydrogen) atoms. The van der Waals surface area contributed by atoms with Crippen molar-refractivity contribution in [2.24, 2.45) is 5.11 Å². The van der Waals surface area contributed by atoms with Crippen LogP contribution in [0.15, 0.2) is 53.7 Å². The molecule has 6 nitrogen and oxygen atoms in total. The SMILES string of the molecule is Cc1cnc(OC/C(=C/Nc2cccc(C)c2)N=N)nc1. The molecule has 108 valence electrons. The van der Waals surface area contributed by atoms with E-state index in [1.807, 2.05) is 38.1 Å². The molecular weight excluding hydrogens is 266 g/mol. The van der Waals surface area contributed by atoms with Gasteiger partial charge in [-0.05, 0) is 37.1 Å². The second kappa shape index (κ2) is 7.14. The van der Waals surface area contributed by atoms with E-state index in [1.165, 1.54) is 0 Å². The zero-order valence-corrected chi connectivity index (χ0v) is 12.0. The summed E-state index contributed by atoms with van der Waals surface area (Å²) in [6.07, 6.45) is 4.99. The molecule has 0 aliphatic carbocycles. The number of rotatable bonds is 6. The van der Waals surface area contributed by atoms with Crippen molar-refractivity contribution in [2.45, 2.75) is 13.8 Å². The highest BCUT2D eigenvalue weighted by Gasteiger charge is 2.00. The molecule has 0 radical (unpaired) electrons. The average Bonchev–Trinajstić information content (AvgIpc) is 2.49. The Balaban J connectivity index is 1.94. The van der Waals surface area contributed by atoms with Gasteiger partial charge in [0.05, 0.1) is 0 Å². The molecule has 6 heteroatoms. The lowest BCUT2D eigenvalue weighted by atomic mass is 10.2. The van der Waals surface area contributed by atoms with Gasteiger partial charge in [0, 0.05) is 24.3 Å². The number of benzene rings is 1. The van der Waals surface area contributed by atoms with Gasteiger partial charge in [-0.3, -0.25) is 0 Å². The Morgan fingerprint density at radius 3 is 2.71 bits per heavy atom. The summed E-state index contributed by atoms with van der Waals surface area (Å²) in [6, 6.07) is 8.19. The van der Waals surface area contributed by atoms with Crippen LogP contribution < -0.4 is 10.1 Å². The first-order chi connectivity index (χ1) is 10.2. The van der Waals surface area contributed by atoms with E-state index >= 15 is 0 Å². The molecule has 1 aromatic heterocycles. The Kier molecular flexibility index (Phi) is 4.98. The highest BCUT2D eigenvalue weighted by Crippen LogP contribution is 2.11. The summed E-state index contributed by atoms with van der Waals surface area (Å²) in [6.45, 7) is 4.05. The highest BCUT2D eigenvalue weighted by atomic mass is 16.5. The van der Waals surface area contributed by atoms with Crippen LogP contribution in [0.5, 0.6) is 6.01 Å². The monoisotopic (exact) mass is 283 g/mol. The minimum Gasteiger partial charge on any atom is -0.457 e. The van der Waals surface area contributed by atoms with Gasteiger partial charge in [-0.1, -0.05) is 12.1 Å². The van der Waals surface area contributed by atoms with Crippen LogP contribution in [-0.4, -0.2) is 16.6 Å². The van der Waals surface area contributed by atoms with Crippen LogP contribution >= 0.6 is 0 Å². The number of hydrogen-bond acceptors (Lipinski definition) is 6. The number of aromatic nitrogens is 2. The Bertz CT molecular complexity index is 637. The molecule has 2 N–H and O–H groups in total. The quantitative estimate of drug-likeness (QED) is 0.795. The summed E-state index contributed by atoms with van der Waals surface area (Å²) in [7, 11) is 0. The second-order valence-corrected chi connectivity index (χ2v) is 4.59. The van der Waals surface area contributed by atoms with Crippen LogP contribution in [0.4, 0.5) is 5.69 Å². The van der Waals surface area contributed by atoms with E-state index in [2.05, 4.69) is 20.4 Å². The molecular formula is C15H17N5O. The molecule has 0 saturated heterocycles. The zero-order chi connectivity index (χ0) is 15.1. The number of anilines is 1. The van der Waals surface area contributed by atoms with E-state index in [4.69, 9.17) is 10.3 Å². The number of hydrogen-bond donors (Lipinski definition) is 2. The largest absolute Gasteiger partial charge is 0.457 e. The first-order valence-corrected chi connectivity index (χ1v) is 6.48. The van der Waals surface area contributed by atoms with Gasteiger partial charge in [-0.25, -0.2) is 15.5 Å². The number of ether oxygens (including phenoxy) is 1. The summed E-state index contributed by atoms with van der Waals surface area (Å²) in [4.78, 5) is 8.06. The van der Waals surface area contributed by atoms with Crippen molar-refractivity contribution in [3.8, 4) is 6.01 Å². The van der Waals surface area contributed by atoms with E-state index in [1.54, 1.807) is 18.6 Å². The third-order valence-electron chi connectivity index (χ3n) is 2.67. The van der Waals surface area contributed by atoms with E-state index in [-0.39, 0.29) is 12.6 Å². The maximum absolute atomic E-state index is 7.16. The molecule has 0 aliphatic heterocycles. The minimum atomic E-state index is 0.130. The van der Waals surface area contributed by atoms with Crippen molar-refractivity contribution in [2.75, 3.05) is 11.9 Å². The molecule has 0 fully saturated rings.